The van der Waals surface area contributed by atoms with Crippen molar-refractivity contribution in [2.24, 2.45) is 0 Å². The molecule has 0 N–H and O–H groups in total. The minimum absolute atomic E-state index is 1.17. The molecule has 2 nitrogen and oxygen atoms in total. The molecule has 0 aliphatic heterocycles. The first-order valence-electron chi connectivity index (χ1n) is 13.9. The van der Waals surface area contributed by atoms with E-state index in [2.05, 4.69) is 156 Å². The van der Waals surface area contributed by atoms with Crippen LogP contribution >= 0.6 is 0 Å². The van der Waals surface area contributed by atoms with Crippen molar-refractivity contribution < 1.29 is 0 Å². The molecule has 0 unspecified atom stereocenters. The van der Waals surface area contributed by atoms with E-state index in [-0.39, 0.29) is 0 Å². The van der Waals surface area contributed by atoms with Gasteiger partial charge in [0.25, 0.3) is 0 Å². The number of hydrogen-bond acceptors (Lipinski definition) is 0. The summed E-state index contributed by atoms with van der Waals surface area (Å²) in [6, 6.07) is 48.8. The van der Waals surface area contributed by atoms with Gasteiger partial charge in [0.05, 0.1) is 27.8 Å². The van der Waals surface area contributed by atoms with Gasteiger partial charge in [-0.05, 0) is 74.0 Å². The van der Waals surface area contributed by atoms with E-state index in [0.29, 0.717) is 0 Å². The van der Waals surface area contributed by atoms with Crippen molar-refractivity contribution >= 4 is 43.6 Å². The van der Waals surface area contributed by atoms with Crippen LogP contribution in [-0.2, 0) is 0 Å². The van der Waals surface area contributed by atoms with Gasteiger partial charge in [0.2, 0.25) is 0 Å². The maximum atomic E-state index is 2.42. The molecule has 0 aliphatic carbocycles. The average molecular weight is 513 g/mol. The Kier molecular flexibility index (Phi) is 4.99. The molecule has 0 saturated heterocycles. The van der Waals surface area contributed by atoms with Gasteiger partial charge in [-0.2, -0.15) is 0 Å². The molecule has 0 amide bonds. The van der Waals surface area contributed by atoms with E-state index in [4.69, 9.17) is 0 Å². The Balaban J connectivity index is 1.38. The fraction of sp³-hybridized carbons (Fsp3) is 0.0526. The summed E-state index contributed by atoms with van der Waals surface area (Å²) in [5.41, 5.74) is 12.2. The standard InChI is InChI=1S/C38H28N2/c1-25-18-20-37-32(22-25)33-23-26(2)19-21-38(33)39(37)28-11-9-10-27(24-28)29-12-3-6-15-34(29)40-35-16-7-4-13-30(35)31-14-5-8-17-36(31)40/h3-24H,1-2H3. The first-order valence-corrected chi connectivity index (χ1v) is 13.9. The van der Waals surface area contributed by atoms with Crippen LogP contribution in [0.15, 0.2) is 133 Å². The molecule has 2 heteroatoms. The summed E-state index contributed by atoms with van der Waals surface area (Å²) in [5.74, 6) is 0. The predicted octanol–water partition coefficient (Wildman–Crippen LogP) is 10.2. The maximum absolute atomic E-state index is 2.42. The van der Waals surface area contributed by atoms with E-state index in [0.717, 1.165) is 0 Å². The molecule has 2 aromatic heterocycles. The van der Waals surface area contributed by atoms with Gasteiger partial charge in [-0.3, -0.25) is 0 Å². The van der Waals surface area contributed by atoms with Crippen LogP contribution in [0.1, 0.15) is 11.1 Å². The van der Waals surface area contributed by atoms with Gasteiger partial charge >= 0.3 is 0 Å². The third kappa shape index (κ3) is 3.36. The normalized spacial score (nSPS) is 11.8. The minimum Gasteiger partial charge on any atom is -0.309 e. The first kappa shape index (κ1) is 22.9. The lowest BCUT2D eigenvalue weighted by molar-refractivity contribution is 1.17. The van der Waals surface area contributed by atoms with Gasteiger partial charge in [-0.1, -0.05) is 90.0 Å². The maximum Gasteiger partial charge on any atom is 0.0541 e. The number of benzene rings is 6. The van der Waals surface area contributed by atoms with Crippen molar-refractivity contribution in [3.8, 4) is 22.5 Å². The molecule has 0 atom stereocenters. The summed E-state index contributed by atoms with van der Waals surface area (Å²) in [5, 5.41) is 5.15. The quantitative estimate of drug-likeness (QED) is 0.223. The zero-order valence-corrected chi connectivity index (χ0v) is 22.6. The van der Waals surface area contributed by atoms with Crippen LogP contribution in [0.2, 0.25) is 0 Å². The topological polar surface area (TPSA) is 9.86 Å². The summed E-state index contributed by atoms with van der Waals surface area (Å²) in [6.07, 6.45) is 0. The van der Waals surface area contributed by atoms with Gasteiger partial charge in [0.1, 0.15) is 0 Å². The lowest BCUT2D eigenvalue weighted by atomic mass is 10.0. The van der Waals surface area contributed by atoms with Crippen molar-refractivity contribution in [2.75, 3.05) is 0 Å². The third-order valence-corrected chi connectivity index (χ3v) is 8.22. The number of fused-ring (bicyclic) bond motifs is 6. The molecule has 0 radical (unpaired) electrons. The van der Waals surface area contributed by atoms with Crippen molar-refractivity contribution in [1.29, 1.82) is 0 Å². The number of para-hydroxylation sites is 3. The van der Waals surface area contributed by atoms with Crippen LogP contribution in [0.3, 0.4) is 0 Å². The Hall–Kier alpha value is -5.08. The van der Waals surface area contributed by atoms with E-state index in [1.54, 1.807) is 0 Å². The zero-order valence-electron chi connectivity index (χ0n) is 22.6. The predicted molar refractivity (Wildman–Crippen MR) is 170 cm³/mol. The van der Waals surface area contributed by atoms with E-state index in [1.165, 1.54) is 77.2 Å². The highest BCUT2D eigenvalue weighted by atomic mass is 15.0. The molecule has 2 heterocycles. The first-order chi connectivity index (χ1) is 19.7. The van der Waals surface area contributed by atoms with Crippen LogP contribution in [-0.4, -0.2) is 9.13 Å². The molecular weight excluding hydrogens is 484 g/mol. The zero-order chi connectivity index (χ0) is 26.8. The Morgan fingerprint density at radius 3 is 1.60 bits per heavy atom. The summed E-state index contributed by atoms with van der Waals surface area (Å²) in [6.45, 7) is 4.34. The van der Waals surface area contributed by atoms with Crippen LogP contribution in [0.25, 0.3) is 66.1 Å². The van der Waals surface area contributed by atoms with Gasteiger partial charge in [0, 0.05) is 32.8 Å². The monoisotopic (exact) mass is 512 g/mol. The molecular formula is C38H28N2. The Morgan fingerprint density at radius 2 is 0.950 bits per heavy atom. The lowest BCUT2D eigenvalue weighted by Crippen LogP contribution is -1.98. The molecule has 40 heavy (non-hydrogen) atoms. The fourth-order valence-corrected chi connectivity index (χ4v) is 6.44. The Morgan fingerprint density at radius 1 is 0.400 bits per heavy atom. The summed E-state index contributed by atoms with van der Waals surface area (Å²) >= 11 is 0. The molecule has 0 aliphatic rings. The van der Waals surface area contributed by atoms with E-state index < -0.39 is 0 Å². The Labute approximate surface area is 233 Å². The number of aromatic nitrogens is 2. The summed E-state index contributed by atoms with van der Waals surface area (Å²) in [4.78, 5) is 0. The molecule has 0 spiro atoms. The largest absolute Gasteiger partial charge is 0.309 e. The second kappa shape index (κ2) is 8.72. The van der Waals surface area contributed by atoms with Crippen LogP contribution in [0, 0.1) is 13.8 Å². The summed E-state index contributed by atoms with van der Waals surface area (Å²) in [7, 11) is 0. The van der Waals surface area contributed by atoms with Crippen molar-refractivity contribution in [3.05, 3.63) is 145 Å². The molecule has 8 rings (SSSR count). The highest BCUT2D eigenvalue weighted by Gasteiger charge is 2.17. The SMILES string of the molecule is Cc1ccc2c(c1)c1cc(C)ccc1n2-c1cccc(-c2ccccc2-n2c3ccccc3c3ccccc32)c1. The van der Waals surface area contributed by atoms with Gasteiger partial charge in [-0.25, -0.2) is 0 Å². The lowest BCUT2D eigenvalue weighted by Gasteiger charge is -2.15. The molecule has 0 fully saturated rings. The van der Waals surface area contributed by atoms with Gasteiger partial charge in [-0.15, -0.1) is 0 Å². The summed E-state index contributed by atoms with van der Waals surface area (Å²) < 4.78 is 4.83. The number of nitrogens with zero attached hydrogens (tertiary/aromatic N) is 2. The average Bonchev–Trinajstić information content (AvgIpc) is 3.49. The van der Waals surface area contributed by atoms with E-state index >= 15 is 0 Å². The van der Waals surface area contributed by atoms with Gasteiger partial charge in [0.15, 0.2) is 0 Å². The Bertz CT molecular complexity index is 2130. The van der Waals surface area contributed by atoms with Crippen molar-refractivity contribution in [3.63, 3.8) is 0 Å². The molecule has 0 saturated carbocycles. The van der Waals surface area contributed by atoms with Crippen molar-refractivity contribution in [1.82, 2.24) is 9.13 Å². The number of rotatable bonds is 3. The number of hydrogen-bond donors (Lipinski definition) is 0. The van der Waals surface area contributed by atoms with Crippen LogP contribution < -0.4 is 0 Å². The molecule has 8 aromatic rings. The van der Waals surface area contributed by atoms with E-state index in [1.807, 2.05) is 0 Å². The van der Waals surface area contributed by atoms with Crippen LogP contribution in [0.4, 0.5) is 0 Å². The van der Waals surface area contributed by atoms with Crippen LogP contribution in [0.5, 0.6) is 0 Å². The highest BCUT2D eigenvalue weighted by molar-refractivity contribution is 6.11. The second-order valence-corrected chi connectivity index (χ2v) is 10.8. The number of aryl methyl sites for hydroxylation is 2. The van der Waals surface area contributed by atoms with Crippen molar-refractivity contribution in [2.45, 2.75) is 13.8 Å². The second-order valence-electron chi connectivity index (χ2n) is 10.8. The van der Waals surface area contributed by atoms with E-state index in [9.17, 15) is 0 Å². The minimum atomic E-state index is 1.17. The smallest absolute Gasteiger partial charge is 0.0541 e. The highest BCUT2D eigenvalue weighted by Crippen LogP contribution is 2.38. The molecule has 190 valence electrons. The van der Waals surface area contributed by atoms with Gasteiger partial charge < -0.3 is 9.13 Å². The fourth-order valence-electron chi connectivity index (χ4n) is 6.44. The molecule has 0 bridgehead atoms. The third-order valence-electron chi connectivity index (χ3n) is 8.22. The molecule has 6 aromatic carbocycles.